The van der Waals surface area contributed by atoms with Crippen LogP contribution in [0.15, 0.2) is 34.7 Å². The van der Waals surface area contributed by atoms with E-state index in [2.05, 4.69) is 35.3 Å². The second kappa shape index (κ2) is 6.42. The zero-order valence-corrected chi connectivity index (χ0v) is 12.3. The summed E-state index contributed by atoms with van der Waals surface area (Å²) in [5.41, 5.74) is 0.990. The lowest BCUT2D eigenvalue weighted by molar-refractivity contribution is 0.198. The first-order chi connectivity index (χ1) is 9.86. The van der Waals surface area contributed by atoms with E-state index in [1.807, 2.05) is 12.1 Å². The van der Waals surface area contributed by atoms with Crippen molar-refractivity contribution >= 4 is 11.0 Å². The molecule has 1 aromatic carbocycles. The molecule has 1 unspecified atom stereocenters. The highest BCUT2D eigenvalue weighted by molar-refractivity contribution is 5.77. The largest absolute Gasteiger partial charge is 0.459 e. The van der Waals surface area contributed by atoms with E-state index >= 15 is 0 Å². The Bertz CT molecular complexity index is 510. The third kappa shape index (κ3) is 3.05. The molecule has 1 aliphatic heterocycles. The normalized spacial score (nSPS) is 18.4. The maximum atomic E-state index is 6.04. The fourth-order valence-corrected chi connectivity index (χ4v) is 3.08. The average molecular weight is 272 g/mol. The number of benzene rings is 1. The molecule has 2 heterocycles. The third-order valence-corrected chi connectivity index (χ3v) is 4.13. The van der Waals surface area contributed by atoms with Crippen LogP contribution >= 0.6 is 0 Å². The van der Waals surface area contributed by atoms with Gasteiger partial charge in [0, 0.05) is 11.9 Å². The Morgan fingerprint density at radius 1 is 1.20 bits per heavy atom. The minimum Gasteiger partial charge on any atom is -0.459 e. The van der Waals surface area contributed by atoms with Crippen molar-refractivity contribution < 1.29 is 4.42 Å². The molecule has 1 aromatic heterocycles. The molecular weight excluding hydrogens is 248 g/mol. The van der Waals surface area contributed by atoms with E-state index in [1.54, 1.807) is 0 Å². The van der Waals surface area contributed by atoms with Crippen LogP contribution in [-0.2, 0) is 0 Å². The van der Waals surface area contributed by atoms with E-state index in [0.29, 0.717) is 6.04 Å². The van der Waals surface area contributed by atoms with Crippen molar-refractivity contribution in [1.29, 1.82) is 0 Å². The fourth-order valence-electron chi connectivity index (χ4n) is 3.08. The lowest BCUT2D eigenvalue weighted by Crippen LogP contribution is -2.38. The van der Waals surface area contributed by atoms with Gasteiger partial charge >= 0.3 is 0 Å². The average Bonchev–Trinajstić information content (AvgIpc) is 2.92. The van der Waals surface area contributed by atoms with Crippen molar-refractivity contribution in [2.24, 2.45) is 0 Å². The molecule has 0 spiro atoms. The van der Waals surface area contributed by atoms with Gasteiger partial charge in [-0.25, -0.2) is 0 Å². The smallest absolute Gasteiger partial charge is 0.134 e. The summed E-state index contributed by atoms with van der Waals surface area (Å²) in [5, 5.41) is 4.77. The lowest BCUT2D eigenvalue weighted by Gasteiger charge is -2.30. The molecule has 1 fully saturated rings. The van der Waals surface area contributed by atoms with Crippen molar-refractivity contribution in [2.45, 2.75) is 32.2 Å². The molecule has 1 N–H and O–H groups in total. The number of piperidine rings is 1. The van der Waals surface area contributed by atoms with Gasteiger partial charge in [0.2, 0.25) is 0 Å². The van der Waals surface area contributed by atoms with E-state index in [-0.39, 0.29) is 0 Å². The summed E-state index contributed by atoms with van der Waals surface area (Å²) in [5.74, 6) is 1.07. The molecule has 0 amide bonds. The van der Waals surface area contributed by atoms with E-state index < -0.39 is 0 Å². The number of hydrogen-bond donors (Lipinski definition) is 1. The topological polar surface area (TPSA) is 28.4 Å². The van der Waals surface area contributed by atoms with Gasteiger partial charge in [-0.2, -0.15) is 0 Å². The van der Waals surface area contributed by atoms with Crippen LogP contribution in [0.25, 0.3) is 11.0 Å². The van der Waals surface area contributed by atoms with Gasteiger partial charge in [0.1, 0.15) is 11.3 Å². The standard InChI is InChI=1S/C17H24N2O/c1-2-18-15(13-19-10-6-3-7-11-19)17-12-14-8-4-5-9-16(14)20-17/h4-5,8-9,12,15,18H,2-3,6-7,10-11,13H2,1H3. The van der Waals surface area contributed by atoms with Gasteiger partial charge in [-0.3, -0.25) is 0 Å². The first kappa shape index (κ1) is 13.7. The SMILES string of the molecule is CCNC(CN1CCCCC1)c1cc2ccccc2o1. The molecule has 3 heteroatoms. The van der Waals surface area contributed by atoms with Crippen LogP contribution in [0.5, 0.6) is 0 Å². The second-order valence-corrected chi connectivity index (χ2v) is 5.66. The molecule has 3 nitrogen and oxygen atoms in total. The number of likely N-dealkylation sites (tertiary alicyclic amines) is 1. The molecule has 0 aliphatic carbocycles. The van der Waals surface area contributed by atoms with Crippen molar-refractivity contribution in [3.8, 4) is 0 Å². The number of nitrogens with one attached hydrogen (secondary N) is 1. The Kier molecular flexibility index (Phi) is 4.38. The van der Waals surface area contributed by atoms with Gasteiger partial charge in [0.05, 0.1) is 6.04 Å². The van der Waals surface area contributed by atoms with Crippen LogP contribution in [0.2, 0.25) is 0 Å². The van der Waals surface area contributed by atoms with Crippen LogP contribution in [0.4, 0.5) is 0 Å². The fraction of sp³-hybridized carbons (Fsp3) is 0.529. The summed E-state index contributed by atoms with van der Waals surface area (Å²) >= 11 is 0. The highest BCUT2D eigenvalue weighted by atomic mass is 16.3. The van der Waals surface area contributed by atoms with Crippen LogP contribution in [0.3, 0.4) is 0 Å². The van der Waals surface area contributed by atoms with Gasteiger partial charge < -0.3 is 14.6 Å². The predicted octanol–water partition coefficient (Wildman–Crippen LogP) is 3.57. The summed E-state index contributed by atoms with van der Waals surface area (Å²) < 4.78 is 6.04. The number of rotatable bonds is 5. The van der Waals surface area contributed by atoms with Crippen LogP contribution < -0.4 is 5.32 Å². The summed E-state index contributed by atoms with van der Waals surface area (Å²) in [6, 6.07) is 10.7. The molecule has 20 heavy (non-hydrogen) atoms. The number of likely N-dealkylation sites (N-methyl/N-ethyl adjacent to an activating group) is 1. The van der Waals surface area contributed by atoms with Gasteiger partial charge in [0.25, 0.3) is 0 Å². The number of para-hydroxylation sites is 1. The van der Waals surface area contributed by atoms with Crippen LogP contribution in [0.1, 0.15) is 38.0 Å². The Labute approximate surface area is 120 Å². The lowest BCUT2D eigenvalue weighted by atomic mass is 10.1. The maximum Gasteiger partial charge on any atom is 0.134 e. The molecule has 0 saturated carbocycles. The van der Waals surface area contributed by atoms with Gasteiger partial charge in [-0.1, -0.05) is 31.5 Å². The number of nitrogens with zero attached hydrogens (tertiary/aromatic N) is 1. The maximum absolute atomic E-state index is 6.04. The summed E-state index contributed by atoms with van der Waals surface area (Å²) in [7, 11) is 0. The molecule has 0 radical (unpaired) electrons. The molecule has 108 valence electrons. The second-order valence-electron chi connectivity index (χ2n) is 5.66. The molecule has 1 saturated heterocycles. The van der Waals surface area contributed by atoms with Crippen LogP contribution in [0, 0.1) is 0 Å². The monoisotopic (exact) mass is 272 g/mol. The first-order valence-corrected chi connectivity index (χ1v) is 7.81. The summed E-state index contributed by atoms with van der Waals surface area (Å²) in [6.45, 7) is 6.62. The van der Waals surface area contributed by atoms with Gasteiger partial charge in [0.15, 0.2) is 0 Å². The first-order valence-electron chi connectivity index (χ1n) is 7.81. The number of hydrogen-bond acceptors (Lipinski definition) is 3. The molecule has 3 rings (SSSR count). The Morgan fingerprint density at radius 2 is 2.00 bits per heavy atom. The van der Waals surface area contributed by atoms with E-state index in [1.165, 1.54) is 37.7 Å². The Balaban J connectivity index is 1.77. The van der Waals surface area contributed by atoms with Crippen molar-refractivity contribution in [1.82, 2.24) is 10.2 Å². The van der Waals surface area contributed by atoms with E-state index in [4.69, 9.17) is 4.42 Å². The molecular formula is C17H24N2O. The van der Waals surface area contributed by atoms with E-state index in [0.717, 1.165) is 24.4 Å². The van der Waals surface area contributed by atoms with Crippen LogP contribution in [-0.4, -0.2) is 31.1 Å². The van der Waals surface area contributed by atoms with Crippen molar-refractivity contribution in [3.63, 3.8) is 0 Å². The Hall–Kier alpha value is -1.32. The zero-order chi connectivity index (χ0) is 13.8. The highest BCUT2D eigenvalue weighted by Crippen LogP contribution is 2.25. The minimum absolute atomic E-state index is 0.297. The van der Waals surface area contributed by atoms with Gasteiger partial charge in [-0.05, 0) is 44.6 Å². The highest BCUT2D eigenvalue weighted by Gasteiger charge is 2.20. The molecule has 1 aliphatic rings. The Morgan fingerprint density at radius 3 is 2.75 bits per heavy atom. The number of furan rings is 1. The zero-order valence-electron chi connectivity index (χ0n) is 12.3. The van der Waals surface area contributed by atoms with Crippen molar-refractivity contribution in [3.05, 3.63) is 36.1 Å². The van der Waals surface area contributed by atoms with E-state index in [9.17, 15) is 0 Å². The van der Waals surface area contributed by atoms with Gasteiger partial charge in [-0.15, -0.1) is 0 Å². The quantitative estimate of drug-likeness (QED) is 0.902. The summed E-state index contributed by atoms with van der Waals surface area (Å²) in [4.78, 5) is 2.56. The number of fused-ring (bicyclic) bond motifs is 1. The predicted molar refractivity (Wildman–Crippen MR) is 82.9 cm³/mol. The molecule has 2 aromatic rings. The third-order valence-electron chi connectivity index (χ3n) is 4.13. The minimum atomic E-state index is 0.297. The summed E-state index contributed by atoms with van der Waals surface area (Å²) in [6.07, 6.45) is 4.05. The molecule has 0 bridgehead atoms. The molecule has 1 atom stereocenters. The van der Waals surface area contributed by atoms with Crippen molar-refractivity contribution in [2.75, 3.05) is 26.2 Å².